The largest absolute Gasteiger partial charge is 0.493 e. The van der Waals surface area contributed by atoms with Crippen molar-refractivity contribution in [3.63, 3.8) is 0 Å². The number of hydrogen-bond acceptors (Lipinski definition) is 5. The van der Waals surface area contributed by atoms with E-state index in [-0.39, 0.29) is 12.2 Å². The third-order valence-corrected chi connectivity index (χ3v) is 3.83. The highest BCUT2D eigenvalue weighted by Crippen LogP contribution is 2.27. The summed E-state index contributed by atoms with van der Waals surface area (Å²) in [6.07, 6.45) is 0. The molecule has 6 heteroatoms. The second-order valence-electron chi connectivity index (χ2n) is 5.44. The summed E-state index contributed by atoms with van der Waals surface area (Å²) in [6.45, 7) is 3.50. The molecule has 0 fully saturated rings. The van der Waals surface area contributed by atoms with Crippen LogP contribution in [0.1, 0.15) is 21.5 Å². The first-order valence-corrected chi connectivity index (χ1v) is 7.71. The average Bonchev–Trinajstić information content (AvgIpc) is 2.62. The van der Waals surface area contributed by atoms with Gasteiger partial charge in [-0.1, -0.05) is 12.1 Å². The van der Waals surface area contributed by atoms with Crippen LogP contribution < -0.4 is 14.8 Å². The molecule has 6 nitrogen and oxygen atoms in total. The Balaban J connectivity index is 1.97. The molecule has 132 valence electrons. The van der Waals surface area contributed by atoms with Gasteiger partial charge in [0.25, 0.3) is 5.91 Å². The lowest BCUT2D eigenvalue weighted by Gasteiger charge is -2.11. The molecule has 0 radical (unpaired) electrons. The number of amides is 1. The zero-order valence-electron chi connectivity index (χ0n) is 14.7. The highest BCUT2D eigenvalue weighted by atomic mass is 16.5. The third-order valence-electron chi connectivity index (χ3n) is 3.83. The van der Waals surface area contributed by atoms with Crippen molar-refractivity contribution >= 4 is 17.6 Å². The van der Waals surface area contributed by atoms with Gasteiger partial charge in [0.15, 0.2) is 18.1 Å². The number of aryl methyl sites for hydroxylation is 1. The van der Waals surface area contributed by atoms with E-state index in [9.17, 15) is 9.59 Å². The molecule has 25 heavy (non-hydrogen) atoms. The zero-order valence-corrected chi connectivity index (χ0v) is 14.7. The average molecular weight is 343 g/mol. The van der Waals surface area contributed by atoms with E-state index in [1.807, 2.05) is 26.0 Å². The van der Waals surface area contributed by atoms with Crippen molar-refractivity contribution < 1.29 is 23.8 Å². The van der Waals surface area contributed by atoms with Gasteiger partial charge in [-0.05, 0) is 49.2 Å². The van der Waals surface area contributed by atoms with Gasteiger partial charge in [0.2, 0.25) is 0 Å². The Morgan fingerprint density at radius 3 is 2.40 bits per heavy atom. The Kier molecular flexibility index (Phi) is 6.00. The summed E-state index contributed by atoms with van der Waals surface area (Å²) in [5.74, 6) is -0.0944. The standard InChI is InChI=1S/C19H21NO5/c1-12-6-5-7-15(13(12)2)20-18(21)11-25-19(22)14-8-9-16(23-3)17(10-14)24-4/h5-10H,11H2,1-4H3,(H,20,21). The predicted molar refractivity (Wildman–Crippen MR) is 94.4 cm³/mol. The Bertz CT molecular complexity index is 785. The first-order chi connectivity index (χ1) is 12.0. The van der Waals surface area contributed by atoms with Crippen LogP contribution in [0.3, 0.4) is 0 Å². The summed E-state index contributed by atoms with van der Waals surface area (Å²) in [6, 6.07) is 10.3. The van der Waals surface area contributed by atoms with Gasteiger partial charge < -0.3 is 19.5 Å². The maximum Gasteiger partial charge on any atom is 0.338 e. The molecule has 0 atom stereocenters. The monoisotopic (exact) mass is 343 g/mol. The molecule has 0 bridgehead atoms. The fraction of sp³-hybridized carbons (Fsp3) is 0.263. The molecular weight excluding hydrogens is 322 g/mol. The summed E-state index contributed by atoms with van der Waals surface area (Å²) < 4.78 is 15.3. The van der Waals surface area contributed by atoms with Crippen molar-refractivity contribution in [3.05, 3.63) is 53.1 Å². The van der Waals surface area contributed by atoms with E-state index >= 15 is 0 Å². The van der Waals surface area contributed by atoms with Crippen molar-refractivity contribution in [1.29, 1.82) is 0 Å². The van der Waals surface area contributed by atoms with Crippen LogP contribution in [0.25, 0.3) is 0 Å². The quantitative estimate of drug-likeness (QED) is 0.816. The first-order valence-electron chi connectivity index (χ1n) is 7.71. The van der Waals surface area contributed by atoms with Gasteiger partial charge in [-0.15, -0.1) is 0 Å². The lowest BCUT2D eigenvalue weighted by Crippen LogP contribution is -2.21. The Labute approximate surface area is 146 Å². The number of hydrogen-bond donors (Lipinski definition) is 1. The number of methoxy groups -OCH3 is 2. The maximum atomic E-state index is 12.1. The molecule has 0 aromatic heterocycles. The van der Waals surface area contributed by atoms with Crippen molar-refractivity contribution in [1.82, 2.24) is 0 Å². The van der Waals surface area contributed by atoms with Crippen LogP contribution in [0.15, 0.2) is 36.4 Å². The second kappa shape index (κ2) is 8.19. The molecule has 2 aromatic rings. The minimum Gasteiger partial charge on any atom is -0.493 e. The van der Waals surface area contributed by atoms with Gasteiger partial charge in [-0.2, -0.15) is 0 Å². The minimum atomic E-state index is -0.614. The Morgan fingerprint density at radius 2 is 1.72 bits per heavy atom. The Morgan fingerprint density at radius 1 is 1.00 bits per heavy atom. The minimum absolute atomic E-state index is 0.275. The van der Waals surface area contributed by atoms with Crippen LogP contribution in [0.4, 0.5) is 5.69 Å². The van der Waals surface area contributed by atoms with Crippen LogP contribution >= 0.6 is 0 Å². The van der Waals surface area contributed by atoms with E-state index in [0.29, 0.717) is 17.2 Å². The number of rotatable bonds is 6. The van der Waals surface area contributed by atoms with Crippen LogP contribution in [0.5, 0.6) is 11.5 Å². The molecular formula is C19H21NO5. The normalized spacial score (nSPS) is 10.1. The lowest BCUT2D eigenvalue weighted by molar-refractivity contribution is -0.119. The van der Waals surface area contributed by atoms with Gasteiger partial charge in [-0.25, -0.2) is 4.79 Å². The maximum absolute atomic E-state index is 12.1. The molecule has 0 aliphatic rings. The molecule has 1 amide bonds. The van der Waals surface area contributed by atoms with Gasteiger partial charge >= 0.3 is 5.97 Å². The molecule has 0 saturated carbocycles. The molecule has 0 unspecified atom stereocenters. The van der Waals surface area contributed by atoms with Crippen LogP contribution in [0.2, 0.25) is 0 Å². The highest BCUT2D eigenvalue weighted by molar-refractivity contribution is 5.96. The van der Waals surface area contributed by atoms with Crippen LogP contribution in [0, 0.1) is 13.8 Å². The number of carbonyl (C=O) groups is 2. The van der Waals surface area contributed by atoms with E-state index in [1.54, 1.807) is 18.2 Å². The zero-order chi connectivity index (χ0) is 18.4. The predicted octanol–water partition coefficient (Wildman–Crippen LogP) is 3.12. The topological polar surface area (TPSA) is 73.9 Å². The number of ether oxygens (including phenoxy) is 3. The molecule has 0 saturated heterocycles. The summed E-state index contributed by atoms with van der Waals surface area (Å²) in [7, 11) is 2.98. The highest BCUT2D eigenvalue weighted by Gasteiger charge is 2.14. The number of benzene rings is 2. The van der Waals surface area contributed by atoms with Crippen molar-refractivity contribution in [2.45, 2.75) is 13.8 Å². The number of esters is 1. The fourth-order valence-corrected chi connectivity index (χ4v) is 2.25. The Hall–Kier alpha value is -3.02. The smallest absolute Gasteiger partial charge is 0.338 e. The molecule has 0 spiro atoms. The van der Waals surface area contributed by atoms with Gasteiger partial charge in [0.1, 0.15) is 0 Å². The number of anilines is 1. The molecule has 1 N–H and O–H groups in total. The van der Waals surface area contributed by atoms with Crippen molar-refractivity contribution in [2.24, 2.45) is 0 Å². The first kappa shape index (κ1) is 18.3. The molecule has 0 aliphatic heterocycles. The molecule has 2 aromatic carbocycles. The summed E-state index contributed by atoms with van der Waals surface area (Å²) >= 11 is 0. The van der Waals surface area contributed by atoms with Crippen molar-refractivity contribution in [2.75, 3.05) is 26.1 Å². The second-order valence-corrected chi connectivity index (χ2v) is 5.44. The summed E-state index contributed by atoms with van der Waals surface area (Å²) in [4.78, 5) is 24.1. The summed E-state index contributed by atoms with van der Waals surface area (Å²) in [5, 5.41) is 2.74. The molecule has 0 heterocycles. The van der Waals surface area contributed by atoms with Crippen molar-refractivity contribution in [3.8, 4) is 11.5 Å². The SMILES string of the molecule is COc1ccc(C(=O)OCC(=O)Nc2cccc(C)c2C)cc1OC. The number of nitrogens with one attached hydrogen (secondary N) is 1. The van der Waals surface area contributed by atoms with E-state index < -0.39 is 11.9 Å². The lowest BCUT2D eigenvalue weighted by atomic mass is 10.1. The van der Waals surface area contributed by atoms with Crippen LogP contribution in [-0.2, 0) is 9.53 Å². The van der Waals surface area contributed by atoms with E-state index in [1.165, 1.54) is 20.3 Å². The van der Waals surface area contributed by atoms with E-state index in [0.717, 1.165) is 11.1 Å². The number of carbonyl (C=O) groups excluding carboxylic acids is 2. The summed E-state index contributed by atoms with van der Waals surface area (Å²) in [5.41, 5.74) is 3.02. The van der Waals surface area contributed by atoms with E-state index in [2.05, 4.69) is 5.32 Å². The van der Waals surface area contributed by atoms with E-state index in [4.69, 9.17) is 14.2 Å². The third kappa shape index (κ3) is 4.50. The molecule has 2 rings (SSSR count). The molecule has 0 aliphatic carbocycles. The van der Waals surface area contributed by atoms with Gasteiger partial charge in [-0.3, -0.25) is 4.79 Å². The van der Waals surface area contributed by atoms with Gasteiger partial charge in [0.05, 0.1) is 19.8 Å². The van der Waals surface area contributed by atoms with Crippen LogP contribution in [-0.4, -0.2) is 32.7 Å². The van der Waals surface area contributed by atoms with Gasteiger partial charge in [0, 0.05) is 5.69 Å². The fourth-order valence-electron chi connectivity index (χ4n) is 2.25.